The van der Waals surface area contributed by atoms with Gasteiger partial charge in [0.15, 0.2) is 0 Å². The molecule has 1 saturated heterocycles. The molecule has 2 heteroatoms. The Hall–Kier alpha value is -0.0800. The fourth-order valence-electron chi connectivity index (χ4n) is 2.02. The third-order valence-corrected chi connectivity index (χ3v) is 2.74. The Morgan fingerprint density at radius 1 is 1.33 bits per heavy atom. The van der Waals surface area contributed by atoms with Crippen molar-refractivity contribution in [3.05, 3.63) is 0 Å². The lowest BCUT2D eigenvalue weighted by molar-refractivity contribution is 0.184. The average molecular weight is 170 g/mol. The van der Waals surface area contributed by atoms with Crippen LogP contribution in [-0.4, -0.2) is 38.1 Å². The molecule has 0 radical (unpaired) electrons. The number of rotatable bonds is 4. The van der Waals surface area contributed by atoms with Crippen molar-refractivity contribution in [3.63, 3.8) is 0 Å². The first kappa shape index (κ1) is 10.0. The van der Waals surface area contributed by atoms with Crippen LogP contribution in [0.25, 0.3) is 0 Å². The first-order valence-electron chi connectivity index (χ1n) is 5.23. The van der Waals surface area contributed by atoms with Gasteiger partial charge in [0.1, 0.15) is 0 Å². The van der Waals surface area contributed by atoms with Crippen LogP contribution in [0.15, 0.2) is 0 Å². The molecule has 0 unspecified atom stereocenters. The van der Waals surface area contributed by atoms with Crippen LogP contribution >= 0.6 is 0 Å². The minimum absolute atomic E-state index is 0.933. The van der Waals surface area contributed by atoms with Crippen molar-refractivity contribution in [2.24, 2.45) is 5.92 Å². The summed E-state index contributed by atoms with van der Waals surface area (Å²) in [6.45, 7) is 7.41. The monoisotopic (exact) mass is 170 g/mol. The van der Waals surface area contributed by atoms with Gasteiger partial charge in [-0.1, -0.05) is 6.92 Å². The third-order valence-electron chi connectivity index (χ3n) is 2.74. The van der Waals surface area contributed by atoms with Gasteiger partial charge >= 0.3 is 0 Å². The molecular weight excluding hydrogens is 148 g/mol. The van der Waals surface area contributed by atoms with Crippen LogP contribution in [0.5, 0.6) is 0 Å². The van der Waals surface area contributed by atoms with Crippen LogP contribution in [-0.2, 0) is 0 Å². The van der Waals surface area contributed by atoms with Crippen molar-refractivity contribution in [3.8, 4) is 0 Å². The van der Waals surface area contributed by atoms with Crippen LogP contribution in [0, 0.1) is 5.92 Å². The third kappa shape index (κ3) is 3.11. The molecule has 0 aromatic heterocycles. The molecule has 1 aliphatic rings. The van der Waals surface area contributed by atoms with Gasteiger partial charge in [-0.2, -0.15) is 0 Å². The maximum Gasteiger partial charge on any atom is -0.00156 e. The Kier molecular flexibility index (Phi) is 4.62. The summed E-state index contributed by atoms with van der Waals surface area (Å²) in [5.74, 6) is 0.933. The number of hydrogen-bond acceptors (Lipinski definition) is 2. The second kappa shape index (κ2) is 5.55. The maximum absolute atomic E-state index is 3.27. The minimum Gasteiger partial charge on any atom is -0.319 e. The van der Waals surface area contributed by atoms with Crippen molar-refractivity contribution < 1.29 is 0 Å². The molecule has 0 bridgehead atoms. The Morgan fingerprint density at radius 3 is 2.50 bits per heavy atom. The van der Waals surface area contributed by atoms with Crippen LogP contribution in [0.3, 0.4) is 0 Å². The SMILES string of the molecule is CCCN1CCC(CNC)CC1. The number of hydrogen-bond donors (Lipinski definition) is 1. The van der Waals surface area contributed by atoms with E-state index in [1.165, 1.54) is 45.4 Å². The molecular formula is C10H22N2. The lowest BCUT2D eigenvalue weighted by Gasteiger charge is -2.31. The van der Waals surface area contributed by atoms with E-state index in [0.717, 1.165) is 5.92 Å². The van der Waals surface area contributed by atoms with Crippen LogP contribution in [0.2, 0.25) is 0 Å². The highest BCUT2D eigenvalue weighted by Crippen LogP contribution is 2.15. The van der Waals surface area contributed by atoms with E-state index in [-0.39, 0.29) is 0 Å². The van der Waals surface area contributed by atoms with Crippen LogP contribution < -0.4 is 5.32 Å². The predicted octanol–water partition coefficient (Wildman–Crippen LogP) is 1.33. The Bertz CT molecular complexity index is 92.4. The molecule has 72 valence electrons. The molecule has 0 aliphatic carbocycles. The van der Waals surface area contributed by atoms with E-state index < -0.39 is 0 Å². The van der Waals surface area contributed by atoms with E-state index in [1.54, 1.807) is 0 Å². The van der Waals surface area contributed by atoms with Gasteiger partial charge in [0.25, 0.3) is 0 Å². The molecule has 1 heterocycles. The van der Waals surface area contributed by atoms with E-state index >= 15 is 0 Å². The van der Waals surface area contributed by atoms with E-state index in [1.807, 2.05) is 0 Å². The standard InChI is InChI=1S/C10H22N2/c1-3-6-12-7-4-10(5-8-12)9-11-2/h10-11H,3-9H2,1-2H3. The zero-order valence-electron chi connectivity index (χ0n) is 8.47. The molecule has 1 rings (SSSR count). The predicted molar refractivity (Wildman–Crippen MR) is 53.4 cm³/mol. The second-order valence-corrected chi connectivity index (χ2v) is 3.84. The number of likely N-dealkylation sites (tertiary alicyclic amines) is 1. The van der Waals surface area contributed by atoms with Gasteiger partial charge in [-0.3, -0.25) is 0 Å². The molecule has 0 amide bonds. The van der Waals surface area contributed by atoms with E-state index in [9.17, 15) is 0 Å². The average Bonchev–Trinajstić information content (AvgIpc) is 2.09. The maximum atomic E-state index is 3.27. The van der Waals surface area contributed by atoms with Gasteiger partial charge in [0, 0.05) is 0 Å². The summed E-state index contributed by atoms with van der Waals surface area (Å²) < 4.78 is 0. The first-order chi connectivity index (χ1) is 5.86. The summed E-state index contributed by atoms with van der Waals surface area (Å²) in [6, 6.07) is 0. The number of nitrogens with zero attached hydrogens (tertiary/aromatic N) is 1. The van der Waals surface area contributed by atoms with E-state index in [4.69, 9.17) is 0 Å². The molecule has 1 N–H and O–H groups in total. The van der Waals surface area contributed by atoms with Gasteiger partial charge in [-0.05, 0) is 58.4 Å². The van der Waals surface area contributed by atoms with Crippen molar-refractivity contribution in [2.75, 3.05) is 33.2 Å². The molecule has 0 aromatic carbocycles. The fourth-order valence-corrected chi connectivity index (χ4v) is 2.02. The van der Waals surface area contributed by atoms with Gasteiger partial charge < -0.3 is 10.2 Å². The highest BCUT2D eigenvalue weighted by molar-refractivity contribution is 4.72. The highest BCUT2D eigenvalue weighted by atomic mass is 15.1. The van der Waals surface area contributed by atoms with Gasteiger partial charge in [0.2, 0.25) is 0 Å². The first-order valence-corrected chi connectivity index (χ1v) is 5.23. The summed E-state index contributed by atoms with van der Waals surface area (Å²) in [7, 11) is 2.05. The molecule has 1 aliphatic heterocycles. The molecule has 12 heavy (non-hydrogen) atoms. The van der Waals surface area contributed by atoms with Crippen LogP contribution in [0.4, 0.5) is 0 Å². The fraction of sp³-hybridized carbons (Fsp3) is 1.00. The highest BCUT2D eigenvalue weighted by Gasteiger charge is 2.17. The van der Waals surface area contributed by atoms with Crippen LogP contribution in [0.1, 0.15) is 26.2 Å². The Balaban J connectivity index is 2.11. The topological polar surface area (TPSA) is 15.3 Å². The van der Waals surface area contributed by atoms with Gasteiger partial charge in [-0.25, -0.2) is 0 Å². The summed E-state index contributed by atoms with van der Waals surface area (Å²) in [5, 5.41) is 3.27. The molecule has 2 nitrogen and oxygen atoms in total. The summed E-state index contributed by atoms with van der Waals surface area (Å²) in [5.41, 5.74) is 0. The van der Waals surface area contributed by atoms with Gasteiger partial charge in [0.05, 0.1) is 0 Å². The van der Waals surface area contributed by atoms with Crippen molar-refractivity contribution >= 4 is 0 Å². The quantitative estimate of drug-likeness (QED) is 0.684. The van der Waals surface area contributed by atoms with Crippen molar-refractivity contribution in [1.29, 1.82) is 0 Å². The van der Waals surface area contributed by atoms with Crippen molar-refractivity contribution in [2.45, 2.75) is 26.2 Å². The van der Waals surface area contributed by atoms with E-state index in [2.05, 4.69) is 24.2 Å². The Labute approximate surface area is 76.3 Å². The van der Waals surface area contributed by atoms with Gasteiger partial charge in [-0.15, -0.1) is 0 Å². The molecule has 1 fully saturated rings. The summed E-state index contributed by atoms with van der Waals surface area (Å²) in [4.78, 5) is 2.59. The lowest BCUT2D eigenvalue weighted by Crippen LogP contribution is -2.36. The van der Waals surface area contributed by atoms with Crippen molar-refractivity contribution in [1.82, 2.24) is 10.2 Å². The lowest BCUT2D eigenvalue weighted by atomic mass is 9.97. The zero-order valence-corrected chi connectivity index (χ0v) is 8.47. The van der Waals surface area contributed by atoms with E-state index in [0.29, 0.717) is 0 Å². The Morgan fingerprint density at radius 2 is 2.00 bits per heavy atom. The molecule has 0 atom stereocenters. The smallest absolute Gasteiger partial charge is 0.00156 e. The number of piperidine rings is 1. The molecule has 0 aromatic rings. The normalized spacial score (nSPS) is 21.5. The number of nitrogens with one attached hydrogen (secondary N) is 1. The molecule has 0 spiro atoms. The largest absolute Gasteiger partial charge is 0.319 e. The summed E-state index contributed by atoms with van der Waals surface area (Å²) >= 11 is 0. The minimum atomic E-state index is 0.933. The summed E-state index contributed by atoms with van der Waals surface area (Å²) in [6.07, 6.45) is 4.08. The zero-order chi connectivity index (χ0) is 8.81. The molecule has 0 saturated carbocycles. The second-order valence-electron chi connectivity index (χ2n) is 3.84.